The minimum Gasteiger partial charge on any atom is -0.364 e. The first kappa shape index (κ1) is 28.5. The van der Waals surface area contributed by atoms with Crippen LogP contribution in [0, 0.1) is 24.1 Å². The van der Waals surface area contributed by atoms with Crippen LogP contribution in [0.25, 0.3) is 0 Å². The molecule has 3 fully saturated rings. The van der Waals surface area contributed by atoms with Crippen molar-refractivity contribution in [2.24, 2.45) is 17.1 Å². The maximum atomic E-state index is 14.0. The summed E-state index contributed by atoms with van der Waals surface area (Å²) in [5.74, 6) is -0.699. The molecule has 0 atom stereocenters. The number of nitrogens with two attached hydrogens (primary N) is 1. The van der Waals surface area contributed by atoms with Gasteiger partial charge in [0.05, 0.1) is 22.5 Å². The lowest BCUT2D eigenvalue weighted by molar-refractivity contribution is -0.127. The molecule has 11 heteroatoms. The number of halogens is 2. The van der Waals surface area contributed by atoms with Crippen LogP contribution in [-0.2, 0) is 4.79 Å². The highest BCUT2D eigenvalue weighted by molar-refractivity contribution is 6.34. The zero-order chi connectivity index (χ0) is 28.6. The second kappa shape index (κ2) is 11.5. The van der Waals surface area contributed by atoms with Crippen LogP contribution in [0.15, 0.2) is 18.5 Å². The number of nitrogens with zero attached hydrogens (tertiary/aromatic N) is 4. The van der Waals surface area contributed by atoms with E-state index < -0.39 is 17.1 Å². The maximum Gasteiger partial charge on any atom is 0.275 e. The lowest BCUT2D eigenvalue weighted by Crippen LogP contribution is -2.49. The largest absolute Gasteiger partial charge is 0.364 e. The van der Waals surface area contributed by atoms with E-state index in [0.29, 0.717) is 62.4 Å². The lowest BCUT2D eigenvalue weighted by Gasteiger charge is -2.41. The highest BCUT2D eigenvalue weighted by Gasteiger charge is 2.50. The number of aryl methyl sites for hydroxylation is 1. The number of hydrogen-bond donors (Lipinski definition) is 2. The molecule has 2 aromatic rings. The molecule has 2 saturated heterocycles. The first-order chi connectivity index (χ1) is 19.1. The van der Waals surface area contributed by atoms with E-state index >= 15 is 0 Å². The molecule has 1 aromatic carbocycles. The van der Waals surface area contributed by atoms with E-state index in [1.54, 1.807) is 17.9 Å². The number of rotatable bonds is 7. The fourth-order valence-electron chi connectivity index (χ4n) is 6.60. The summed E-state index contributed by atoms with van der Waals surface area (Å²) < 4.78 is 14.0. The Kier molecular flexibility index (Phi) is 8.20. The summed E-state index contributed by atoms with van der Waals surface area (Å²) in [7, 11) is 0. The third kappa shape index (κ3) is 5.48. The highest BCUT2D eigenvalue weighted by Crippen LogP contribution is 2.48. The molecule has 3 N–H and O–H groups in total. The molecule has 1 aromatic heterocycles. The van der Waals surface area contributed by atoms with Crippen molar-refractivity contribution >= 4 is 35.0 Å². The van der Waals surface area contributed by atoms with Gasteiger partial charge in [0.15, 0.2) is 5.69 Å². The van der Waals surface area contributed by atoms with E-state index in [1.165, 1.54) is 12.4 Å². The van der Waals surface area contributed by atoms with Gasteiger partial charge in [-0.1, -0.05) is 18.5 Å². The number of imidazole rings is 1. The van der Waals surface area contributed by atoms with Gasteiger partial charge in [0.1, 0.15) is 11.5 Å². The second-order valence-electron chi connectivity index (χ2n) is 11.8. The summed E-state index contributed by atoms with van der Waals surface area (Å²) in [6.07, 6.45) is 6.89. The molecule has 0 radical (unpaired) electrons. The number of amides is 3. The summed E-state index contributed by atoms with van der Waals surface area (Å²) in [6, 6.07) is 2.82. The van der Waals surface area contributed by atoms with Gasteiger partial charge in [0.25, 0.3) is 11.8 Å². The number of likely N-dealkylation sites (tertiary alicyclic amines) is 1. The van der Waals surface area contributed by atoms with E-state index in [0.717, 1.165) is 32.5 Å². The summed E-state index contributed by atoms with van der Waals surface area (Å²) in [6.45, 7) is 7.72. The second-order valence-corrected chi connectivity index (χ2v) is 12.2. The molecule has 1 spiro atoms. The van der Waals surface area contributed by atoms with Crippen LogP contribution in [0.5, 0.6) is 0 Å². The molecule has 1 aliphatic carbocycles. The Bertz CT molecular complexity index is 1280. The first-order valence-electron chi connectivity index (χ1n) is 14.2. The van der Waals surface area contributed by atoms with Gasteiger partial charge in [0.2, 0.25) is 5.91 Å². The van der Waals surface area contributed by atoms with E-state index in [4.69, 9.17) is 17.3 Å². The number of anilines is 1. The van der Waals surface area contributed by atoms with Crippen molar-refractivity contribution in [1.29, 1.82) is 0 Å². The van der Waals surface area contributed by atoms with Crippen molar-refractivity contribution in [3.8, 4) is 0 Å². The topological polar surface area (TPSA) is 116 Å². The number of aromatic nitrogens is 2. The number of carbonyl (C=O) groups is 3. The fraction of sp³-hybridized carbons (Fsp3) is 0.586. The number of piperidine rings is 1. The van der Waals surface area contributed by atoms with E-state index in [9.17, 15) is 18.8 Å². The van der Waals surface area contributed by atoms with Crippen LogP contribution in [-0.4, -0.2) is 76.3 Å². The SMILES string of the molecule is Cc1cc(N2CC[C@]3(CC[C@@H](N(CCN4CCC(C)CC4)C(=O)c4nc[nH]c4C(N)=O)CC3)C2=O)c(Cl)cc1F. The smallest absolute Gasteiger partial charge is 0.275 e. The van der Waals surface area contributed by atoms with E-state index in [1.807, 2.05) is 4.90 Å². The Balaban J connectivity index is 1.31. The van der Waals surface area contributed by atoms with Gasteiger partial charge in [-0.15, -0.1) is 0 Å². The zero-order valence-electron chi connectivity index (χ0n) is 23.2. The number of benzene rings is 1. The lowest BCUT2D eigenvalue weighted by atomic mass is 9.71. The Morgan fingerprint density at radius 3 is 2.55 bits per heavy atom. The molecular weight excluding hydrogens is 535 g/mol. The van der Waals surface area contributed by atoms with Crippen molar-refractivity contribution in [2.75, 3.05) is 37.6 Å². The van der Waals surface area contributed by atoms with Gasteiger partial charge in [0, 0.05) is 25.7 Å². The normalized spacial score (nSPS) is 24.1. The van der Waals surface area contributed by atoms with Gasteiger partial charge >= 0.3 is 0 Å². The molecule has 0 unspecified atom stereocenters. The van der Waals surface area contributed by atoms with Gasteiger partial charge < -0.3 is 25.4 Å². The molecule has 3 heterocycles. The van der Waals surface area contributed by atoms with Crippen LogP contribution >= 0.6 is 11.6 Å². The number of carbonyl (C=O) groups excluding carboxylic acids is 3. The highest BCUT2D eigenvalue weighted by atomic mass is 35.5. The Morgan fingerprint density at radius 1 is 1.18 bits per heavy atom. The zero-order valence-corrected chi connectivity index (χ0v) is 24.0. The Morgan fingerprint density at radius 2 is 1.88 bits per heavy atom. The van der Waals surface area contributed by atoms with Crippen LogP contribution in [0.4, 0.5) is 10.1 Å². The van der Waals surface area contributed by atoms with E-state index in [-0.39, 0.29) is 34.3 Å². The van der Waals surface area contributed by atoms with E-state index in [2.05, 4.69) is 21.8 Å². The predicted octanol–water partition coefficient (Wildman–Crippen LogP) is 4.15. The van der Waals surface area contributed by atoms with Gasteiger partial charge in [-0.2, -0.15) is 0 Å². The molecule has 2 aliphatic heterocycles. The third-order valence-electron chi connectivity index (χ3n) is 9.27. The quantitative estimate of drug-likeness (QED) is 0.517. The third-order valence-corrected chi connectivity index (χ3v) is 9.57. The molecule has 3 aliphatic rings. The van der Waals surface area contributed by atoms with Gasteiger partial charge in [-0.05, 0) is 88.6 Å². The van der Waals surface area contributed by atoms with Crippen LogP contribution in [0.3, 0.4) is 0 Å². The van der Waals surface area contributed by atoms with Gasteiger partial charge in [-0.3, -0.25) is 14.4 Å². The number of H-pyrrole nitrogens is 1. The maximum absolute atomic E-state index is 14.0. The molecule has 9 nitrogen and oxygen atoms in total. The fourth-order valence-corrected chi connectivity index (χ4v) is 6.85. The Hall–Kier alpha value is -2.98. The number of hydrogen-bond acceptors (Lipinski definition) is 5. The molecule has 216 valence electrons. The van der Waals surface area contributed by atoms with Crippen LogP contribution in [0.1, 0.15) is 78.4 Å². The summed E-state index contributed by atoms with van der Waals surface area (Å²) in [4.78, 5) is 52.2. The summed E-state index contributed by atoms with van der Waals surface area (Å²) in [5.41, 5.74) is 6.04. The monoisotopic (exact) mass is 572 g/mol. The number of primary amides is 1. The van der Waals surface area contributed by atoms with Crippen molar-refractivity contribution in [3.05, 3.63) is 46.3 Å². The molecule has 40 heavy (non-hydrogen) atoms. The molecule has 0 bridgehead atoms. The number of nitrogens with one attached hydrogen (secondary N) is 1. The minimum absolute atomic E-state index is 0.0159. The minimum atomic E-state index is -0.722. The van der Waals surface area contributed by atoms with Crippen molar-refractivity contribution < 1.29 is 18.8 Å². The summed E-state index contributed by atoms with van der Waals surface area (Å²) >= 11 is 6.34. The van der Waals surface area contributed by atoms with Gasteiger partial charge in [-0.25, -0.2) is 9.37 Å². The van der Waals surface area contributed by atoms with Crippen molar-refractivity contribution in [1.82, 2.24) is 19.8 Å². The van der Waals surface area contributed by atoms with Crippen molar-refractivity contribution in [3.63, 3.8) is 0 Å². The molecule has 1 saturated carbocycles. The standard InChI is InChI=1S/C29H38ClFN6O3/c1-18-5-10-35(11-6-18)13-14-36(27(39)25-24(26(32)38)33-17-34-25)20-3-7-29(8-4-20)9-12-37(28(29)40)23-15-19(2)22(31)16-21(23)30/h15-18,20H,3-14H2,1-2H3,(H2,32,38)(H,33,34)/t20-,29-. The molecule has 3 amide bonds. The van der Waals surface area contributed by atoms with Crippen LogP contribution in [0.2, 0.25) is 5.02 Å². The molecular formula is C29H38ClFN6O3. The Labute approximate surface area is 239 Å². The number of aromatic amines is 1. The van der Waals surface area contributed by atoms with Crippen molar-refractivity contribution in [2.45, 2.75) is 64.8 Å². The average molecular weight is 573 g/mol. The summed E-state index contributed by atoms with van der Waals surface area (Å²) in [5, 5.41) is 0.232. The molecule has 5 rings (SSSR count). The average Bonchev–Trinajstić information content (AvgIpc) is 3.54. The first-order valence-corrected chi connectivity index (χ1v) is 14.6. The predicted molar refractivity (Wildman–Crippen MR) is 151 cm³/mol. The van der Waals surface area contributed by atoms with Crippen LogP contribution < -0.4 is 10.6 Å².